The predicted octanol–water partition coefficient (Wildman–Crippen LogP) is 1.35. The van der Waals surface area contributed by atoms with E-state index in [1.54, 1.807) is 41.8 Å². The van der Waals surface area contributed by atoms with Crippen LogP contribution in [0, 0.1) is 12.7 Å². The van der Waals surface area contributed by atoms with Crippen molar-refractivity contribution in [3.8, 4) is 0 Å². The summed E-state index contributed by atoms with van der Waals surface area (Å²) in [5.74, 6) is -2.48. The Balaban J connectivity index is 1.95. The van der Waals surface area contributed by atoms with Gasteiger partial charge in [0.2, 0.25) is 0 Å². The Morgan fingerprint density at radius 2 is 1.87 bits per heavy atom. The largest absolute Gasteiger partial charge is 0.505 e. The summed E-state index contributed by atoms with van der Waals surface area (Å²) in [6, 6.07) is 10.4. The molecule has 1 atom stereocenters. The van der Waals surface area contributed by atoms with Gasteiger partial charge in [-0.1, -0.05) is 24.3 Å². The number of ketones is 1. The zero-order valence-corrected chi connectivity index (χ0v) is 17.6. The van der Waals surface area contributed by atoms with Crippen molar-refractivity contribution in [2.75, 3.05) is 27.2 Å². The lowest BCUT2D eigenvalue weighted by atomic mass is 9.96. The second kappa shape index (κ2) is 7.96. The summed E-state index contributed by atoms with van der Waals surface area (Å²) >= 11 is 0. The molecule has 2 aromatic heterocycles. The third kappa shape index (κ3) is 3.48. The van der Waals surface area contributed by atoms with Crippen molar-refractivity contribution in [1.29, 1.82) is 0 Å². The van der Waals surface area contributed by atoms with Gasteiger partial charge in [-0.15, -0.1) is 0 Å². The maximum absolute atomic E-state index is 14.8. The number of Topliss-reactive ketones (excluding diaryl/α,β-unsaturated/α-hetero) is 1. The molecule has 0 bridgehead atoms. The summed E-state index contributed by atoms with van der Waals surface area (Å²) in [7, 11) is 3.85. The van der Waals surface area contributed by atoms with E-state index < -0.39 is 23.5 Å². The van der Waals surface area contributed by atoms with Crippen LogP contribution in [0.5, 0.6) is 0 Å². The number of aromatic nitrogens is 2. The lowest BCUT2D eigenvalue weighted by molar-refractivity contribution is -0.857. The molecule has 2 N–H and O–H groups in total. The SMILES string of the molecule is Cc1nc2ccccn2c1/C(O)=C1\C(=O)C(=O)N(CC[NH+](C)C)[C@@H]1c1ccccc1F. The number of aryl methyl sites for hydroxylation is 1. The molecule has 160 valence electrons. The fourth-order valence-corrected chi connectivity index (χ4v) is 4.00. The Morgan fingerprint density at radius 3 is 2.58 bits per heavy atom. The zero-order chi connectivity index (χ0) is 22.3. The van der Waals surface area contributed by atoms with Gasteiger partial charge in [0.1, 0.15) is 17.2 Å². The van der Waals surface area contributed by atoms with Crippen molar-refractivity contribution in [1.82, 2.24) is 14.3 Å². The van der Waals surface area contributed by atoms with Crippen molar-refractivity contribution in [3.05, 3.63) is 77.0 Å². The number of hydrogen-bond donors (Lipinski definition) is 2. The standard InChI is InChI=1S/C23H23FN4O3/c1-14-19(27-11-7-6-10-17(27)25-14)21(29)18-20(15-8-4-5-9-16(15)24)28(13-12-26(2)3)23(31)22(18)30/h4-11,20,29H,12-13H2,1-3H3/p+1/b21-18+/t20-/m1/s1. The van der Waals surface area contributed by atoms with E-state index in [4.69, 9.17) is 0 Å². The maximum atomic E-state index is 14.8. The van der Waals surface area contributed by atoms with Gasteiger partial charge in [0.05, 0.1) is 44.5 Å². The number of carbonyl (C=O) groups excluding carboxylic acids is 2. The van der Waals surface area contributed by atoms with Crippen molar-refractivity contribution < 1.29 is 24.0 Å². The van der Waals surface area contributed by atoms with E-state index in [0.29, 0.717) is 23.6 Å². The average Bonchev–Trinajstić information content (AvgIpc) is 3.20. The molecule has 1 aromatic carbocycles. The second-order valence-electron chi connectivity index (χ2n) is 7.95. The minimum Gasteiger partial charge on any atom is -0.505 e. The number of likely N-dealkylation sites (N-methyl/N-ethyl adjacent to an activating group) is 1. The number of imidazole rings is 1. The van der Waals surface area contributed by atoms with Crippen LogP contribution in [0.2, 0.25) is 0 Å². The fraction of sp³-hybridized carbons (Fsp3) is 0.261. The number of rotatable bonds is 5. The monoisotopic (exact) mass is 423 g/mol. The lowest BCUT2D eigenvalue weighted by Gasteiger charge is -2.25. The molecule has 1 amide bonds. The molecule has 0 saturated carbocycles. The highest BCUT2D eigenvalue weighted by Crippen LogP contribution is 2.40. The molecule has 0 radical (unpaired) electrons. The van der Waals surface area contributed by atoms with Crippen LogP contribution in [-0.4, -0.2) is 58.3 Å². The summed E-state index contributed by atoms with van der Waals surface area (Å²) < 4.78 is 16.5. The number of aliphatic hydroxyl groups excluding tert-OH is 1. The molecule has 4 rings (SSSR count). The molecule has 1 aliphatic rings. The predicted molar refractivity (Wildman–Crippen MR) is 113 cm³/mol. The van der Waals surface area contributed by atoms with Gasteiger partial charge in [0.25, 0.3) is 11.7 Å². The third-order valence-electron chi connectivity index (χ3n) is 5.52. The maximum Gasteiger partial charge on any atom is 0.295 e. The number of nitrogens with zero attached hydrogens (tertiary/aromatic N) is 3. The second-order valence-corrected chi connectivity index (χ2v) is 7.95. The molecule has 8 heteroatoms. The summed E-state index contributed by atoms with van der Waals surface area (Å²) in [5.41, 5.74) is 1.45. The Bertz CT molecular complexity index is 1210. The van der Waals surface area contributed by atoms with Gasteiger partial charge in [0.15, 0.2) is 5.76 Å². The molecule has 1 fully saturated rings. The molecule has 0 unspecified atom stereocenters. The molecule has 1 aliphatic heterocycles. The van der Waals surface area contributed by atoms with E-state index in [2.05, 4.69) is 4.98 Å². The molecule has 7 nitrogen and oxygen atoms in total. The molecule has 3 aromatic rings. The smallest absolute Gasteiger partial charge is 0.295 e. The summed E-state index contributed by atoms with van der Waals surface area (Å²) in [6.45, 7) is 2.52. The Kier molecular flexibility index (Phi) is 5.32. The van der Waals surface area contributed by atoms with Crippen molar-refractivity contribution in [2.45, 2.75) is 13.0 Å². The van der Waals surface area contributed by atoms with Gasteiger partial charge in [-0.2, -0.15) is 0 Å². The fourth-order valence-electron chi connectivity index (χ4n) is 4.00. The number of hydrogen-bond acceptors (Lipinski definition) is 4. The summed E-state index contributed by atoms with van der Waals surface area (Å²) in [6.07, 6.45) is 1.72. The van der Waals surface area contributed by atoms with Crippen LogP contribution in [0.15, 0.2) is 54.2 Å². The van der Waals surface area contributed by atoms with Gasteiger partial charge in [-0.25, -0.2) is 9.37 Å². The topological polar surface area (TPSA) is 79.3 Å². The van der Waals surface area contributed by atoms with Crippen molar-refractivity contribution in [3.63, 3.8) is 0 Å². The minimum atomic E-state index is -1.02. The quantitative estimate of drug-likeness (QED) is 0.369. The first-order chi connectivity index (χ1) is 14.8. The highest BCUT2D eigenvalue weighted by Gasteiger charge is 2.47. The molecular weight excluding hydrogens is 399 g/mol. The van der Waals surface area contributed by atoms with Gasteiger partial charge in [-0.3, -0.25) is 14.0 Å². The van der Waals surface area contributed by atoms with Gasteiger partial charge in [-0.05, 0) is 25.1 Å². The van der Waals surface area contributed by atoms with E-state index in [9.17, 15) is 19.1 Å². The van der Waals surface area contributed by atoms with Crippen molar-refractivity contribution >= 4 is 23.1 Å². The van der Waals surface area contributed by atoms with E-state index >= 15 is 0 Å². The molecule has 3 heterocycles. The first-order valence-electron chi connectivity index (χ1n) is 10.1. The van der Waals surface area contributed by atoms with Gasteiger partial charge >= 0.3 is 0 Å². The number of quaternary nitrogens is 1. The first-order valence-corrected chi connectivity index (χ1v) is 10.1. The zero-order valence-electron chi connectivity index (χ0n) is 17.6. The van der Waals surface area contributed by atoms with Gasteiger partial charge < -0.3 is 14.9 Å². The van der Waals surface area contributed by atoms with Crippen LogP contribution < -0.4 is 4.90 Å². The number of carbonyl (C=O) groups is 2. The Hall–Kier alpha value is -3.52. The van der Waals surface area contributed by atoms with Crippen LogP contribution in [0.4, 0.5) is 4.39 Å². The van der Waals surface area contributed by atoms with Gasteiger partial charge in [0, 0.05) is 11.8 Å². The first kappa shape index (κ1) is 20.7. The highest BCUT2D eigenvalue weighted by molar-refractivity contribution is 6.46. The Labute approximate surface area is 179 Å². The van der Waals surface area contributed by atoms with E-state index in [1.165, 1.54) is 17.0 Å². The van der Waals surface area contributed by atoms with E-state index in [-0.39, 0.29) is 23.4 Å². The Morgan fingerprint density at radius 1 is 1.16 bits per heavy atom. The summed E-state index contributed by atoms with van der Waals surface area (Å²) in [5, 5.41) is 11.3. The lowest BCUT2D eigenvalue weighted by Crippen LogP contribution is -3.06. The number of likely N-dealkylation sites (tertiary alicyclic amines) is 1. The number of pyridine rings is 1. The van der Waals surface area contributed by atoms with Crippen LogP contribution in [0.25, 0.3) is 11.4 Å². The molecule has 0 aliphatic carbocycles. The number of aliphatic hydroxyl groups is 1. The number of halogens is 1. The van der Waals surface area contributed by atoms with Crippen LogP contribution in [0.1, 0.15) is 23.0 Å². The molecule has 0 spiro atoms. The number of fused-ring (bicyclic) bond motifs is 1. The highest BCUT2D eigenvalue weighted by atomic mass is 19.1. The number of benzene rings is 1. The number of nitrogens with one attached hydrogen (secondary N) is 1. The normalized spacial score (nSPS) is 18.5. The molecule has 31 heavy (non-hydrogen) atoms. The van der Waals surface area contributed by atoms with Crippen LogP contribution >= 0.6 is 0 Å². The third-order valence-corrected chi connectivity index (χ3v) is 5.52. The van der Waals surface area contributed by atoms with Crippen LogP contribution in [-0.2, 0) is 9.59 Å². The van der Waals surface area contributed by atoms with E-state index in [0.717, 1.165) is 4.90 Å². The molecular formula is C23H24FN4O3+. The van der Waals surface area contributed by atoms with E-state index in [1.807, 2.05) is 20.2 Å². The minimum absolute atomic E-state index is 0.127. The molecule has 1 saturated heterocycles. The summed E-state index contributed by atoms with van der Waals surface area (Å²) in [4.78, 5) is 32.8. The number of amides is 1. The average molecular weight is 423 g/mol. The van der Waals surface area contributed by atoms with Crippen molar-refractivity contribution in [2.24, 2.45) is 0 Å². The van der Waals surface area contributed by atoms with Crippen LogP contribution in [0.3, 0.4) is 0 Å².